The molecule has 0 saturated carbocycles. The average Bonchev–Trinajstić information content (AvgIpc) is 1.32. The molecule has 132 heavy (non-hydrogen) atoms. The molecular weight excluding hydrogens is 1740 g/mol. The number of aromatic nitrogens is 4. The van der Waals surface area contributed by atoms with Gasteiger partial charge in [0.25, 0.3) is 29.5 Å². The van der Waals surface area contributed by atoms with Gasteiger partial charge in [-0.05, 0) is 173 Å². The number of β-lactam (4-membered cyclic amide) rings is 5. The smallest absolute Gasteiger partial charge is 0.408 e. The summed E-state index contributed by atoms with van der Waals surface area (Å²) >= 11 is 0. The molecule has 44 nitrogen and oxygen atoms in total. The Balaban J connectivity index is 0.000000182. The SMILES string of the molecule is CC(F)(F)C(=O)O.CC1CCC2(CN(CC(=O)N3CCCC3)C2=O)N1C(=O)[C@@H](C)[C@@H](C)O.CC1N(CC(=O)N2CCCC2)C(=O)C12CCCN2C(=O)[C@@H](C)[C@@H](C)O.CC1N(Cc2nnco2)C(=O)C12CCCN2C(=O)[C@@H](C)[C@@H](C)O.C[C@@H](O)[C@H](N)C(=O)N1CCCC12CN([C@H](C(N)=O)[C@@H](C)O)C2=O.C[C@@H](O)[C@H](NC(=O)OC(C)(C)C)C(=O)N1CCCC12CN(Cc1nnco1)C2=O. The third-order valence-electron chi connectivity index (χ3n) is 28.0. The second-order valence-electron chi connectivity index (χ2n) is 38.2. The molecule has 46 heteroatoms. The molecule has 8 unspecified atom stereocenters. The van der Waals surface area contributed by atoms with Crippen LogP contribution in [0.25, 0.3) is 0 Å². The highest BCUT2D eigenvalue weighted by atomic mass is 19.3. The first kappa shape index (κ1) is 105. The van der Waals surface area contributed by atoms with Crippen LogP contribution in [0.2, 0.25) is 0 Å². The van der Waals surface area contributed by atoms with Gasteiger partial charge >= 0.3 is 18.0 Å². The number of aliphatic hydroxyl groups is 6. The number of ether oxygens (including phenoxy) is 1. The summed E-state index contributed by atoms with van der Waals surface area (Å²) in [4.78, 5) is 205. The molecule has 0 bridgehead atoms. The molecule has 12 N–H and O–H groups in total. The number of amides is 14. The van der Waals surface area contributed by atoms with E-state index in [0.717, 1.165) is 71.1 Å². The highest BCUT2D eigenvalue weighted by Crippen LogP contribution is 2.49. The van der Waals surface area contributed by atoms with Crippen molar-refractivity contribution in [2.75, 3.05) is 85.1 Å². The first-order chi connectivity index (χ1) is 61.6. The van der Waals surface area contributed by atoms with E-state index in [9.17, 15) is 111 Å². The maximum atomic E-state index is 13.1. The van der Waals surface area contributed by atoms with E-state index >= 15 is 0 Å². The first-order valence-electron chi connectivity index (χ1n) is 45.5. The van der Waals surface area contributed by atoms with Crippen molar-refractivity contribution >= 4 is 88.9 Å². The lowest BCUT2D eigenvalue weighted by molar-refractivity contribution is -0.181. The lowest BCUT2D eigenvalue weighted by atomic mass is 9.76. The largest absolute Gasteiger partial charge is 0.477 e. The molecule has 14 amide bonds. The fraction of sp³-hybridized carbons (Fsp3) is 0.779. The van der Waals surface area contributed by atoms with Gasteiger partial charge in [0.1, 0.15) is 58.0 Å². The molecule has 14 rings (SSSR count). The van der Waals surface area contributed by atoms with Gasteiger partial charge in [-0.15, -0.1) is 20.4 Å². The molecule has 5 spiro atoms. The van der Waals surface area contributed by atoms with Gasteiger partial charge in [-0.3, -0.25) is 62.3 Å². The molecule has 12 aliphatic rings. The number of carbonyl (C=O) groups excluding carboxylic acids is 14. The number of likely N-dealkylation sites (tertiary alicyclic amines) is 12. The third-order valence-corrected chi connectivity index (χ3v) is 28.0. The quantitative estimate of drug-likeness (QED) is 0.0567. The molecular formula is C86H135F2N19O25. The summed E-state index contributed by atoms with van der Waals surface area (Å²) in [6, 6.07) is -3.73. The second-order valence-corrected chi connectivity index (χ2v) is 38.2. The number of hydrogen-bond acceptors (Lipinski definition) is 29. The first-order valence-corrected chi connectivity index (χ1v) is 45.5. The molecule has 0 aliphatic carbocycles. The number of carboxylic acids is 1. The number of nitrogens with one attached hydrogen (secondary N) is 1. The number of aliphatic hydroxyl groups excluding tert-OH is 6. The summed E-state index contributed by atoms with van der Waals surface area (Å²) in [7, 11) is 0. The van der Waals surface area contributed by atoms with Gasteiger partial charge < -0.3 is 125 Å². The van der Waals surface area contributed by atoms with Crippen LogP contribution < -0.4 is 16.8 Å². The standard InChI is InChI=1S/C18H27N5O6.2C18H29N3O4.C15H22N4O4.C14H24N4O5.C3H4F2O2/c1-11(24)13(20-16(27)29-17(2,3)4)14(25)23-7-5-6-18(23)9-22(15(18)26)8-12-21-19-10-28-12;1-12-6-7-18(21(12)16(24)13(2)14(3)22)11-20(17(18)25)10-15(23)19-8-4-5-9-19;1-12(13(2)22)16(24)21-10-6-7-18(21)14(3)20(17(18)25)11-15(23)19-8-4-5-9-19;1-9(10(2)20)13(21)19-6-4-5-15(19)11(3)18(14(15)22)7-12-17-16-8-23-12;1-7(19)9(15)12(22)18-5-3-4-14(18)6-17(13(14)23)10(8(2)20)11(16)21;1-3(4,5)2(6)7/h10-11,13,24H,5-9H2,1-4H3,(H,20,27);2*12-14,22H,4-11H2,1-3H3;8-11,20H,4-7H2,1-3H3;7-10,19-20H,3-6,15H2,1-2H3,(H2,16,21);1H3,(H,6,7)/t11-,13+,18?;12?,13-,14+,18?;12-,13+,14?,18?;9-,10+,11?,15?;7-,8-,9+,10+,14?;/m10001./s1. The van der Waals surface area contributed by atoms with Crippen LogP contribution in [0.4, 0.5) is 13.6 Å². The second kappa shape index (κ2) is 42.1. The minimum Gasteiger partial charge on any atom is -0.477 e. The Morgan fingerprint density at radius 3 is 1.31 bits per heavy atom. The normalized spacial score (nSPS) is 28.0. The number of aliphatic carboxylic acids is 1. The predicted octanol–water partition coefficient (Wildman–Crippen LogP) is -1.48. The van der Waals surface area contributed by atoms with Gasteiger partial charge in [-0.2, -0.15) is 8.78 Å². The van der Waals surface area contributed by atoms with Gasteiger partial charge in [0.2, 0.25) is 71.8 Å². The summed E-state index contributed by atoms with van der Waals surface area (Å²) in [5.74, 6) is -9.76. The van der Waals surface area contributed by atoms with Crippen LogP contribution in [-0.4, -0.2) is 401 Å². The van der Waals surface area contributed by atoms with Crippen molar-refractivity contribution in [1.29, 1.82) is 0 Å². The van der Waals surface area contributed by atoms with E-state index in [-0.39, 0.29) is 104 Å². The molecule has 738 valence electrons. The van der Waals surface area contributed by atoms with E-state index in [4.69, 9.17) is 30.1 Å². The Kier molecular flexibility index (Phi) is 33.6. The maximum Gasteiger partial charge on any atom is 0.408 e. The van der Waals surface area contributed by atoms with Crippen LogP contribution in [0, 0.1) is 17.8 Å². The molecule has 20 atom stereocenters. The number of alkyl carbamates (subject to hydrolysis) is 1. The zero-order valence-electron chi connectivity index (χ0n) is 78.4. The van der Waals surface area contributed by atoms with Gasteiger partial charge in [0.15, 0.2) is 0 Å². The highest BCUT2D eigenvalue weighted by molar-refractivity contribution is 6.04. The summed E-state index contributed by atoms with van der Waals surface area (Å²) < 4.78 is 37.9. The minimum absolute atomic E-state index is 0.000715. The molecule has 0 radical (unpaired) electrons. The topological polar surface area (TPSA) is 588 Å². The van der Waals surface area contributed by atoms with Crippen molar-refractivity contribution in [1.82, 2.24) is 84.5 Å². The lowest BCUT2D eigenvalue weighted by Crippen LogP contribution is -2.79. The number of rotatable bonds is 23. The number of carboxylic acid groups (broad SMARTS) is 1. The van der Waals surface area contributed by atoms with Gasteiger partial charge in [-0.1, -0.05) is 20.8 Å². The molecule has 14 heterocycles. The van der Waals surface area contributed by atoms with Gasteiger partial charge in [0.05, 0.1) is 106 Å². The fourth-order valence-electron chi connectivity index (χ4n) is 19.7. The Morgan fingerprint density at radius 1 is 0.500 bits per heavy atom. The van der Waals surface area contributed by atoms with E-state index in [1.54, 1.807) is 91.7 Å². The van der Waals surface area contributed by atoms with Crippen molar-refractivity contribution in [2.24, 2.45) is 29.2 Å². The Morgan fingerprint density at radius 2 is 0.917 bits per heavy atom. The lowest BCUT2D eigenvalue weighted by Gasteiger charge is -2.57. The zero-order chi connectivity index (χ0) is 98.5. The molecule has 2 aromatic heterocycles. The van der Waals surface area contributed by atoms with Crippen LogP contribution in [0.3, 0.4) is 0 Å². The summed E-state index contributed by atoms with van der Waals surface area (Å²) in [6.07, 6.45) is 6.78. The average molecular weight is 1870 g/mol. The van der Waals surface area contributed by atoms with E-state index in [1.165, 1.54) is 53.2 Å². The van der Waals surface area contributed by atoms with E-state index < -0.39 is 147 Å². The molecule has 2 aromatic rings. The van der Waals surface area contributed by atoms with Gasteiger partial charge in [0, 0.05) is 65.3 Å². The molecule has 12 aliphatic heterocycles. The predicted molar refractivity (Wildman–Crippen MR) is 458 cm³/mol. The van der Waals surface area contributed by atoms with Crippen LogP contribution in [0.15, 0.2) is 21.6 Å². The monoisotopic (exact) mass is 1870 g/mol. The Labute approximate surface area is 765 Å². The zero-order valence-corrected chi connectivity index (χ0v) is 78.4. The van der Waals surface area contributed by atoms with Crippen molar-refractivity contribution in [2.45, 2.75) is 326 Å². The van der Waals surface area contributed by atoms with Crippen LogP contribution in [0.1, 0.15) is 212 Å². The minimum atomic E-state index is -3.58. The van der Waals surface area contributed by atoms with Crippen molar-refractivity contribution in [3.05, 3.63) is 24.6 Å². The summed E-state index contributed by atoms with van der Waals surface area (Å²) in [6.45, 7) is 31.8. The molecule has 12 saturated heterocycles. The van der Waals surface area contributed by atoms with Crippen molar-refractivity contribution in [3.8, 4) is 0 Å². The molecule has 12 fully saturated rings. The number of nitrogens with zero attached hydrogens (tertiary/aromatic N) is 16. The third kappa shape index (κ3) is 21.3. The van der Waals surface area contributed by atoms with Gasteiger partial charge in [-0.25, -0.2) is 9.59 Å². The summed E-state index contributed by atoms with van der Waals surface area (Å²) in [5.41, 5.74) is 5.82. The summed E-state index contributed by atoms with van der Waals surface area (Å²) in [5, 5.41) is 83.2. The van der Waals surface area contributed by atoms with Crippen LogP contribution in [-0.2, 0) is 84.9 Å². The van der Waals surface area contributed by atoms with E-state index in [2.05, 4.69) is 25.7 Å². The fourth-order valence-corrected chi connectivity index (χ4v) is 19.7. The Hall–Kier alpha value is -10.3. The molecule has 0 aromatic carbocycles. The highest BCUT2D eigenvalue weighted by Gasteiger charge is 2.69. The van der Waals surface area contributed by atoms with E-state index in [0.29, 0.717) is 103 Å². The van der Waals surface area contributed by atoms with Crippen LogP contribution >= 0.6 is 0 Å². The maximum absolute atomic E-state index is 13.1. The van der Waals surface area contributed by atoms with Crippen molar-refractivity contribution < 1.29 is 130 Å². The Bertz CT molecular complexity index is 4500. The van der Waals surface area contributed by atoms with Crippen LogP contribution in [0.5, 0.6) is 0 Å². The van der Waals surface area contributed by atoms with E-state index in [1.807, 2.05) is 30.6 Å². The number of alkyl halides is 2. The number of primary amides is 1. The number of nitrogens with two attached hydrogens (primary N) is 2. The number of hydrogen-bond donors (Lipinski definition) is 10. The van der Waals surface area contributed by atoms with Crippen molar-refractivity contribution in [3.63, 3.8) is 0 Å². The number of carbonyl (C=O) groups is 15. The number of halogens is 2.